The van der Waals surface area contributed by atoms with Crippen molar-refractivity contribution in [3.63, 3.8) is 0 Å². The number of amides is 3. The fourth-order valence-electron chi connectivity index (χ4n) is 3.65. The molecule has 2 saturated heterocycles. The zero-order valence-electron chi connectivity index (χ0n) is 14.9. The van der Waals surface area contributed by atoms with Crippen molar-refractivity contribution < 1.29 is 14.3 Å². The molecular weight excluding hydrogens is 318 g/mol. The average molecular weight is 345 g/mol. The Balaban J connectivity index is 1.54. The van der Waals surface area contributed by atoms with E-state index in [0.717, 1.165) is 56.6 Å². The summed E-state index contributed by atoms with van der Waals surface area (Å²) in [7, 11) is 1.63. The van der Waals surface area contributed by atoms with Gasteiger partial charge in [-0.3, -0.25) is 4.79 Å². The van der Waals surface area contributed by atoms with Gasteiger partial charge in [0, 0.05) is 38.3 Å². The molecule has 2 heterocycles. The van der Waals surface area contributed by atoms with Gasteiger partial charge >= 0.3 is 6.03 Å². The molecule has 1 aromatic rings. The molecule has 6 heteroatoms. The number of nitrogens with one attached hydrogen (secondary N) is 1. The molecule has 0 radical (unpaired) electrons. The van der Waals surface area contributed by atoms with E-state index in [1.165, 1.54) is 0 Å². The van der Waals surface area contributed by atoms with Crippen molar-refractivity contribution in [2.45, 2.75) is 32.2 Å². The summed E-state index contributed by atoms with van der Waals surface area (Å²) in [6.45, 7) is 3.41. The van der Waals surface area contributed by atoms with Crippen LogP contribution in [0.2, 0.25) is 0 Å². The van der Waals surface area contributed by atoms with Gasteiger partial charge in [-0.05, 0) is 31.7 Å². The van der Waals surface area contributed by atoms with E-state index in [4.69, 9.17) is 4.74 Å². The van der Waals surface area contributed by atoms with Crippen molar-refractivity contribution in [2.75, 3.05) is 33.3 Å². The van der Waals surface area contributed by atoms with Crippen LogP contribution in [0.5, 0.6) is 5.75 Å². The predicted octanol–water partition coefficient (Wildman–Crippen LogP) is 2.24. The maximum Gasteiger partial charge on any atom is 0.320 e. The Hall–Kier alpha value is -2.24. The van der Waals surface area contributed by atoms with Crippen LogP contribution in [-0.4, -0.2) is 55.0 Å². The number of rotatable bonds is 4. The summed E-state index contributed by atoms with van der Waals surface area (Å²) in [6, 6.07) is 7.77. The van der Waals surface area contributed by atoms with Gasteiger partial charge in [0.1, 0.15) is 5.75 Å². The van der Waals surface area contributed by atoms with Gasteiger partial charge in [0.15, 0.2) is 0 Å². The first-order chi connectivity index (χ1) is 12.2. The number of carbonyl (C=O) groups excluding carboxylic acids is 2. The first-order valence-electron chi connectivity index (χ1n) is 9.12. The number of benzene rings is 1. The first kappa shape index (κ1) is 17.6. The molecular formula is C19H27N3O3. The van der Waals surface area contributed by atoms with Gasteiger partial charge in [-0.15, -0.1) is 0 Å². The van der Waals surface area contributed by atoms with E-state index in [2.05, 4.69) is 5.32 Å². The van der Waals surface area contributed by atoms with Gasteiger partial charge in [0.05, 0.1) is 13.0 Å². The molecule has 0 bridgehead atoms. The molecule has 25 heavy (non-hydrogen) atoms. The lowest BCUT2D eigenvalue weighted by Gasteiger charge is -2.34. The summed E-state index contributed by atoms with van der Waals surface area (Å²) in [5.74, 6) is 0.664. The Morgan fingerprint density at radius 3 is 2.60 bits per heavy atom. The normalized spacial score (nSPS) is 20.4. The van der Waals surface area contributed by atoms with E-state index in [1.807, 2.05) is 34.1 Å². The summed E-state index contributed by atoms with van der Waals surface area (Å²) in [4.78, 5) is 28.9. The molecule has 0 spiro atoms. The molecule has 2 aliphatic heterocycles. The highest BCUT2D eigenvalue weighted by molar-refractivity contribution is 5.81. The summed E-state index contributed by atoms with van der Waals surface area (Å²) in [6.07, 6.45) is 3.89. The monoisotopic (exact) mass is 345 g/mol. The molecule has 1 atom stereocenters. The zero-order chi connectivity index (χ0) is 17.6. The summed E-state index contributed by atoms with van der Waals surface area (Å²) in [5.41, 5.74) is 0.958. The van der Waals surface area contributed by atoms with Crippen LogP contribution in [0.15, 0.2) is 24.3 Å². The summed E-state index contributed by atoms with van der Waals surface area (Å²) in [5, 5.41) is 3.00. The van der Waals surface area contributed by atoms with Crippen LogP contribution < -0.4 is 10.1 Å². The maximum absolute atomic E-state index is 12.6. The number of urea groups is 1. The molecule has 0 saturated carbocycles. The van der Waals surface area contributed by atoms with Crippen molar-refractivity contribution in [3.8, 4) is 5.75 Å². The fourth-order valence-corrected chi connectivity index (χ4v) is 3.65. The van der Waals surface area contributed by atoms with Gasteiger partial charge in [-0.25, -0.2) is 4.79 Å². The number of carbonyl (C=O) groups is 2. The van der Waals surface area contributed by atoms with Crippen LogP contribution in [0.3, 0.4) is 0 Å². The fraction of sp³-hybridized carbons (Fsp3) is 0.579. The third kappa shape index (κ3) is 4.24. The lowest BCUT2D eigenvalue weighted by molar-refractivity contribution is -0.126. The Kier molecular flexibility index (Phi) is 5.79. The molecule has 0 aliphatic carbocycles. The molecule has 1 N–H and O–H groups in total. The van der Waals surface area contributed by atoms with Gasteiger partial charge in [-0.2, -0.15) is 0 Å². The van der Waals surface area contributed by atoms with Crippen molar-refractivity contribution in [1.82, 2.24) is 15.1 Å². The lowest BCUT2D eigenvalue weighted by Crippen LogP contribution is -2.49. The molecule has 136 valence electrons. The minimum absolute atomic E-state index is 0.0184. The second-order valence-electron chi connectivity index (χ2n) is 6.79. The van der Waals surface area contributed by atoms with E-state index < -0.39 is 0 Å². The minimum atomic E-state index is -0.130. The third-order valence-electron chi connectivity index (χ3n) is 5.08. The zero-order valence-corrected chi connectivity index (χ0v) is 14.9. The second-order valence-corrected chi connectivity index (χ2v) is 6.79. The molecule has 3 amide bonds. The van der Waals surface area contributed by atoms with E-state index in [-0.39, 0.29) is 17.9 Å². The molecule has 0 unspecified atom stereocenters. The number of para-hydroxylation sites is 1. The van der Waals surface area contributed by atoms with Crippen LogP contribution in [0, 0.1) is 5.92 Å². The van der Waals surface area contributed by atoms with Crippen molar-refractivity contribution in [2.24, 2.45) is 5.92 Å². The van der Waals surface area contributed by atoms with E-state index in [9.17, 15) is 9.59 Å². The highest BCUT2D eigenvalue weighted by atomic mass is 16.5. The minimum Gasteiger partial charge on any atom is -0.496 e. The van der Waals surface area contributed by atoms with Gasteiger partial charge < -0.3 is 19.9 Å². The summed E-state index contributed by atoms with van der Waals surface area (Å²) < 4.78 is 5.32. The standard InChI is InChI=1S/C19H27N3O3/c1-25-17-9-3-2-7-15(17)13-20-18(23)16-8-6-12-22(14-16)19(24)21-10-4-5-11-21/h2-3,7,9,16H,4-6,8,10-14H2,1H3,(H,20,23)/t16-/m0/s1. The van der Waals surface area contributed by atoms with Gasteiger partial charge in [0.2, 0.25) is 5.91 Å². The number of piperidine rings is 1. The largest absolute Gasteiger partial charge is 0.496 e. The van der Waals surface area contributed by atoms with Crippen molar-refractivity contribution in [3.05, 3.63) is 29.8 Å². The quantitative estimate of drug-likeness (QED) is 0.910. The van der Waals surface area contributed by atoms with Crippen molar-refractivity contribution in [1.29, 1.82) is 0 Å². The Labute approximate surface area is 149 Å². The molecule has 2 aliphatic rings. The number of hydrogen-bond donors (Lipinski definition) is 1. The van der Waals surface area contributed by atoms with Crippen LogP contribution in [0.4, 0.5) is 4.79 Å². The number of hydrogen-bond acceptors (Lipinski definition) is 3. The number of likely N-dealkylation sites (tertiary alicyclic amines) is 2. The van der Waals surface area contributed by atoms with E-state index in [0.29, 0.717) is 13.1 Å². The maximum atomic E-state index is 12.6. The first-order valence-corrected chi connectivity index (χ1v) is 9.12. The Bertz CT molecular complexity index is 614. The lowest BCUT2D eigenvalue weighted by atomic mass is 9.97. The van der Waals surface area contributed by atoms with Gasteiger partial charge in [0.25, 0.3) is 0 Å². The molecule has 3 rings (SSSR count). The molecule has 2 fully saturated rings. The van der Waals surface area contributed by atoms with Crippen LogP contribution in [0.1, 0.15) is 31.2 Å². The average Bonchev–Trinajstić information content (AvgIpc) is 3.20. The van der Waals surface area contributed by atoms with E-state index in [1.54, 1.807) is 7.11 Å². The number of ether oxygens (including phenoxy) is 1. The smallest absolute Gasteiger partial charge is 0.320 e. The molecule has 0 aromatic heterocycles. The van der Waals surface area contributed by atoms with Crippen LogP contribution >= 0.6 is 0 Å². The molecule has 1 aromatic carbocycles. The van der Waals surface area contributed by atoms with E-state index >= 15 is 0 Å². The van der Waals surface area contributed by atoms with Crippen LogP contribution in [-0.2, 0) is 11.3 Å². The summed E-state index contributed by atoms with van der Waals surface area (Å²) >= 11 is 0. The topological polar surface area (TPSA) is 61.9 Å². The highest BCUT2D eigenvalue weighted by Gasteiger charge is 2.31. The predicted molar refractivity (Wildman–Crippen MR) is 95.3 cm³/mol. The van der Waals surface area contributed by atoms with Crippen molar-refractivity contribution >= 4 is 11.9 Å². The molecule has 6 nitrogen and oxygen atoms in total. The number of methoxy groups -OCH3 is 1. The Morgan fingerprint density at radius 1 is 1.12 bits per heavy atom. The third-order valence-corrected chi connectivity index (χ3v) is 5.08. The second kappa shape index (κ2) is 8.23. The number of nitrogens with zero attached hydrogens (tertiary/aromatic N) is 2. The SMILES string of the molecule is COc1ccccc1CNC(=O)[C@H]1CCCN(C(=O)N2CCCC2)C1. The Morgan fingerprint density at radius 2 is 1.84 bits per heavy atom. The van der Waals surface area contributed by atoms with Gasteiger partial charge in [-0.1, -0.05) is 18.2 Å². The highest BCUT2D eigenvalue weighted by Crippen LogP contribution is 2.21. The van der Waals surface area contributed by atoms with Crippen LogP contribution in [0.25, 0.3) is 0 Å².